The van der Waals surface area contributed by atoms with Crippen LogP contribution in [0.5, 0.6) is 5.75 Å². The van der Waals surface area contributed by atoms with Crippen molar-refractivity contribution in [1.82, 2.24) is 0 Å². The van der Waals surface area contributed by atoms with E-state index in [0.717, 1.165) is 10.5 Å². The topological polar surface area (TPSA) is 35.2 Å². The number of thioether (sulfide) groups is 1. The lowest BCUT2D eigenvalue weighted by molar-refractivity contribution is 0.385. The number of benzene rings is 2. The van der Waals surface area contributed by atoms with Crippen LogP contribution in [0, 0.1) is 5.82 Å². The molecule has 0 radical (unpaired) electrons. The van der Waals surface area contributed by atoms with Gasteiger partial charge in [0.1, 0.15) is 0 Å². The van der Waals surface area contributed by atoms with E-state index in [1.54, 1.807) is 30.0 Å². The van der Waals surface area contributed by atoms with Gasteiger partial charge in [-0.15, -0.1) is 11.8 Å². The highest BCUT2D eigenvalue weighted by atomic mass is 32.2. The first-order valence-electron chi connectivity index (χ1n) is 6.41. The van der Waals surface area contributed by atoms with Gasteiger partial charge in [-0.2, -0.15) is 0 Å². The standard InChI is InChI=1S/C16H18FNOS/c1-11(18)12-5-3-7-14(9-12)20-10-13-6-4-8-15(19-2)16(13)17/h3-9,11H,10,18H2,1-2H3. The fourth-order valence-electron chi connectivity index (χ4n) is 1.87. The van der Waals surface area contributed by atoms with Crippen LogP contribution >= 0.6 is 11.8 Å². The SMILES string of the molecule is COc1cccc(CSc2cccc(C(C)N)c2)c1F. The predicted molar refractivity (Wildman–Crippen MR) is 81.6 cm³/mol. The number of ether oxygens (including phenoxy) is 1. The number of methoxy groups -OCH3 is 1. The summed E-state index contributed by atoms with van der Waals surface area (Å²) in [5.41, 5.74) is 7.59. The summed E-state index contributed by atoms with van der Waals surface area (Å²) in [6, 6.07) is 13.2. The summed E-state index contributed by atoms with van der Waals surface area (Å²) in [5, 5.41) is 0. The van der Waals surface area contributed by atoms with Crippen molar-refractivity contribution in [3.63, 3.8) is 0 Å². The molecule has 2 aromatic carbocycles. The molecule has 0 aliphatic heterocycles. The molecular formula is C16H18FNOS. The molecule has 0 spiro atoms. The number of rotatable bonds is 5. The average molecular weight is 291 g/mol. The Morgan fingerprint density at radius 1 is 1.25 bits per heavy atom. The van der Waals surface area contributed by atoms with Gasteiger partial charge in [0.2, 0.25) is 0 Å². The third kappa shape index (κ3) is 3.52. The molecule has 0 amide bonds. The summed E-state index contributed by atoms with van der Waals surface area (Å²) >= 11 is 1.59. The quantitative estimate of drug-likeness (QED) is 0.841. The van der Waals surface area contributed by atoms with E-state index >= 15 is 0 Å². The molecule has 0 aliphatic carbocycles. The van der Waals surface area contributed by atoms with E-state index in [1.807, 2.05) is 31.2 Å². The third-order valence-electron chi connectivity index (χ3n) is 3.04. The fraction of sp³-hybridized carbons (Fsp3) is 0.250. The minimum atomic E-state index is -0.286. The highest BCUT2D eigenvalue weighted by molar-refractivity contribution is 7.98. The third-order valence-corrected chi connectivity index (χ3v) is 4.08. The van der Waals surface area contributed by atoms with Crippen LogP contribution in [0.3, 0.4) is 0 Å². The molecule has 20 heavy (non-hydrogen) atoms. The second-order valence-electron chi connectivity index (χ2n) is 4.58. The second-order valence-corrected chi connectivity index (χ2v) is 5.63. The molecule has 0 heterocycles. The molecule has 4 heteroatoms. The van der Waals surface area contributed by atoms with Gasteiger partial charge in [0, 0.05) is 22.3 Å². The van der Waals surface area contributed by atoms with Gasteiger partial charge in [0.25, 0.3) is 0 Å². The van der Waals surface area contributed by atoms with Crippen molar-refractivity contribution in [2.45, 2.75) is 23.6 Å². The van der Waals surface area contributed by atoms with Crippen LogP contribution in [0.25, 0.3) is 0 Å². The largest absolute Gasteiger partial charge is 0.494 e. The van der Waals surface area contributed by atoms with Gasteiger partial charge in [-0.3, -0.25) is 0 Å². The van der Waals surface area contributed by atoms with Gasteiger partial charge in [0.15, 0.2) is 11.6 Å². The van der Waals surface area contributed by atoms with Crippen LogP contribution in [-0.4, -0.2) is 7.11 Å². The van der Waals surface area contributed by atoms with E-state index in [4.69, 9.17) is 10.5 Å². The first-order chi connectivity index (χ1) is 9.61. The van der Waals surface area contributed by atoms with Gasteiger partial charge in [0.05, 0.1) is 7.11 Å². The predicted octanol–water partition coefficient (Wildman–Crippen LogP) is 4.15. The summed E-state index contributed by atoms with van der Waals surface area (Å²) in [7, 11) is 1.47. The van der Waals surface area contributed by atoms with Gasteiger partial charge in [-0.05, 0) is 30.7 Å². The lowest BCUT2D eigenvalue weighted by atomic mass is 10.1. The Morgan fingerprint density at radius 2 is 2.00 bits per heavy atom. The Kier molecular flexibility index (Phi) is 5.04. The Labute approximate surface area is 123 Å². The zero-order chi connectivity index (χ0) is 14.5. The highest BCUT2D eigenvalue weighted by Crippen LogP contribution is 2.28. The van der Waals surface area contributed by atoms with Gasteiger partial charge in [-0.1, -0.05) is 24.3 Å². The number of nitrogens with two attached hydrogens (primary N) is 1. The van der Waals surface area contributed by atoms with Crippen molar-refractivity contribution in [3.05, 3.63) is 59.4 Å². The number of halogens is 1. The Hall–Kier alpha value is -1.52. The molecule has 2 N–H and O–H groups in total. The summed E-state index contributed by atoms with van der Waals surface area (Å²) in [6.07, 6.45) is 0. The van der Waals surface area contributed by atoms with Crippen molar-refractivity contribution in [2.75, 3.05) is 7.11 Å². The zero-order valence-electron chi connectivity index (χ0n) is 11.6. The number of hydrogen-bond donors (Lipinski definition) is 1. The Morgan fingerprint density at radius 3 is 2.70 bits per heavy atom. The number of hydrogen-bond acceptors (Lipinski definition) is 3. The van der Waals surface area contributed by atoms with E-state index in [2.05, 4.69) is 0 Å². The van der Waals surface area contributed by atoms with Crippen LogP contribution in [0.15, 0.2) is 47.4 Å². The van der Waals surface area contributed by atoms with Crippen molar-refractivity contribution in [1.29, 1.82) is 0 Å². The van der Waals surface area contributed by atoms with Crippen LogP contribution in [0.2, 0.25) is 0 Å². The minimum Gasteiger partial charge on any atom is -0.494 e. The van der Waals surface area contributed by atoms with E-state index in [0.29, 0.717) is 11.3 Å². The molecule has 2 rings (SSSR count). The second kappa shape index (κ2) is 6.77. The molecular weight excluding hydrogens is 273 g/mol. The Balaban J connectivity index is 2.11. The van der Waals surface area contributed by atoms with Crippen LogP contribution in [0.1, 0.15) is 24.1 Å². The monoisotopic (exact) mass is 291 g/mol. The fourth-order valence-corrected chi connectivity index (χ4v) is 2.81. The summed E-state index contributed by atoms with van der Waals surface area (Å²) in [4.78, 5) is 1.09. The van der Waals surface area contributed by atoms with E-state index < -0.39 is 0 Å². The van der Waals surface area contributed by atoms with E-state index in [1.165, 1.54) is 7.11 Å². The molecule has 0 saturated heterocycles. The normalized spacial score (nSPS) is 12.2. The van der Waals surface area contributed by atoms with Crippen LogP contribution in [-0.2, 0) is 5.75 Å². The Bertz CT molecular complexity index is 586. The molecule has 0 aromatic heterocycles. The van der Waals surface area contributed by atoms with Crippen molar-refractivity contribution >= 4 is 11.8 Å². The lowest BCUT2D eigenvalue weighted by Crippen LogP contribution is -2.04. The van der Waals surface area contributed by atoms with Crippen molar-refractivity contribution < 1.29 is 9.13 Å². The maximum absolute atomic E-state index is 14.0. The highest BCUT2D eigenvalue weighted by Gasteiger charge is 2.09. The molecule has 2 nitrogen and oxygen atoms in total. The maximum atomic E-state index is 14.0. The zero-order valence-corrected chi connectivity index (χ0v) is 12.4. The molecule has 0 aliphatic rings. The summed E-state index contributed by atoms with van der Waals surface area (Å²) < 4.78 is 19.0. The van der Waals surface area contributed by atoms with E-state index in [9.17, 15) is 4.39 Å². The molecule has 2 aromatic rings. The van der Waals surface area contributed by atoms with Crippen LogP contribution in [0.4, 0.5) is 4.39 Å². The van der Waals surface area contributed by atoms with Gasteiger partial charge in [-0.25, -0.2) is 4.39 Å². The minimum absolute atomic E-state index is 0.00380. The van der Waals surface area contributed by atoms with E-state index in [-0.39, 0.29) is 17.6 Å². The summed E-state index contributed by atoms with van der Waals surface area (Å²) in [5.74, 6) is 0.559. The molecule has 106 valence electrons. The molecule has 0 saturated carbocycles. The maximum Gasteiger partial charge on any atom is 0.169 e. The van der Waals surface area contributed by atoms with Crippen molar-refractivity contribution in [2.24, 2.45) is 5.73 Å². The summed E-state index contributed by atoms with van der Waals surface area (Å²) in [6.45, 7) is 1.95. The first kappa shape index (κ1) is 14.9. The smallest absolute Gasteiger partial charge is 0.169 e. The van der Waals surface area contributed by atoms with Crippen molar-refractivity contribution in [3.8, 4) is 5.75 Å². The lowest BCUT2D eigenvalue weighted by Gasteiger charge is -2.09. The molecule has 1 unspecified atom stereocenters. The first-order valence-corrected chi connectivity index (χ1v) is 7.40. The van der Waals surface area contributed by atoms with Gasteiger partial charge >= 0.3 is 0 Å². The molecule has 0 bridgehead atoms. The van der Waals surface area contributed by atoms with Gasteiger partial charge < -0.3 is 10.5 Å². The van der Waals surface area contributed by atoms with Crippen LogP contribution < -0.4 is 10.5 Å². The molecule has 1 atom stereocenters. The molecule has 0 fully saturated rings. The average Bonchev–Trinajstić information content (AvgIpc) is 2.46.